The standard InChI is InChI=1S/C33H59N9O7/c1-8-20(6)27(32(47)41-26(33(48)49)14-19(4)5)42-31(46)25(13-18(2)3)40-30(45)24(11-9-10-12-34)39-28(43)21(7)38-29(44)23(35)15-22-16-36-17-37-22/h16-21,23-27H,8-15,34-35H2,1-7H3,(H,36,37)(H,38,44)(H,39,43)(H,40,45)(H,41,47)(H,42,46)(H,48,49)/t20-,21-,23-,24-,25-,26-,27-/m0/s1. The Morgan fingerprint density at radius 1 is 0.776 bits per heavy atom. The van der Waals surface area contributed by atoms with Crippen LogP contribution in [0.5, 0.6) is 0 Å². The maximum absolute atomic E-state index is 13.7. The second-order valence-corrected chi connectivity index (χ2v) is 13.6. The van der Waals surface area contributed by atoms with Gasteiger partial charge in [-0.2, -0.15) is 0 Å². The molecule has 0 aromatic carbocycles. The van der Waals surface area contributed by atoms with Crippen molar-refractivity contribution in [3.63, 3.8) is 0 Å². The fourth-order valence-electron chi connectivity index (χ4n) is 5.06. The molecule has 0 spiro atoms. The minimum absolute atomic E-state index is 0.00587. The second-order valence-electron chi connectivity index (χ2n) is 13.6. The van der Waals surface area contributed by atoms with Crippen LogP contribution in [0.2, 0.25) is 0 Å². The number of carboxylic acids is 1. The first-order chi connectivity index (χ1) is 23.0. The maximum atomic E-state index is 13.7. The quantitative estimate of drug-likeness (QED) is 0.0697. The molecule has 0 bridgehead atoms. The van der Waals surface area contributed by atoms with E-state index in [1.165, 1.54) is 13.3 Å². The molecule has 0 radical (unpaired) electrons. The van der Waals surface area contributed by atoms with Gasteiger partial charge in [-0.05, 0) is 63.3 Å². The molecule has 16 nitrogen and oxygen atoms in total. The van der Waals surface area contributed by atoms with Gasteiger partial charge in [0.25, 0.3) is 0 Å². The lowest BCUT2D eigenvalue weighted by Gasteiger charge is -2.29. The normalized spacial score (nSPS) is 15.7. The van der Waals surface area contributed by atoms with E-state index < -0.39 is 71.8 Å². The van der Waals surface area contributed by atoms with Gasteiger partial charge in [0.15, 0.2) is 0 Å². The van der Waals surface area contributed by atoms with E-state index in [0.717, 1.165) is 0 Å². The number of rotatable bonds is 23. The van der Waals surface area contributed by atoms with E-state index in [-0.39, 0.29) is 43.4 Å². The van der Waals surface area contributed by atoms with Crippen LogP contribution in [0, 0.1) is 17.8 Å². The van der Waals surface area contributed by atoms with Crippen molar-refractivity contribution in [2.24, 2.45) is 29.2 Å². The van der Waals surface area contributed by atoms with Crippen molar-refractivity contribution in [1.29, 1.82) is 0 Å². The number of hydrogen-bond donors (Lipinski definition) is 9. The molecule has 11 N–H and O–H groups in total. The van der Waals surface area contributed by atoms with Gasteiger partial charge in [0.2, 0.25) is 29.5 Å². The molecule has 7 atom stereocenters. The second kappa shape index (κ2) is 21.8. The van der Waals surface area contributed by atoms with Crippen LogP contribution in [-0.2, 0) is 35.2 Å². The third kappa shape index (κ3) is 15.8. The summed E-state index contributed by atoms with van der Waals surface area (Å²) in [5.74, 6) is -4.60. The summed E-state index contributed by atoms with van der Waals surface area (Å²) < 4.78 is 0. The van der Waals surface area contributed by atoms with Crippen molar-refractivity contribution in [2.75, 3.05) is 6.54 Å². The molecule has 5 amide bonds. The van der Waals surface area contributed by atoms with Gasteiger partial charge in [-0.3, -0.25) is 24.0 Å². The summed E-state index contributed by atoms with van der Waals surface area (Å²) in [6.45, 7) is 12.9. The van der Waals surface area contributed by atoms with Gasteiger partial charge in [0, 0.05) is 18.3 Å². The molecule has 0 saturated carbocycles. The number of carbonyl (C=O) groups excluding carboxylic acids is 5. The van der Waals surface area contributed by atoms with E-state index in [2.05, 4.69) is 36.6 Å². The first-order valence-electron chi connectivity index (χ1n) is 17.2. The Morgan fingerprint density at radius 2 is 1.35 bits per heavy atom. The van der Waals surface area contributed by atoms with Crippen molar-refractivity contribution < 1.29 is 33.9 Å². The Hall–Kier alpha value is -4.05. The maximum Gasteiger partial charge on any atom is 0.326 e. The summed E-state index contributed by atoms with van der Waals surface area (Å²) >= 11 is 0. The SMILES string of the molecule is CC[C@H](C)[C@H](NC(=O)[C@H](CC(C)C)NC(=O)[C@H](CCCCN)NC(=O)[C@H](C)NC(=O)[C@@H](N)Cc1cnc[nH]1)C(=O)N[C@@H](CC(C)C)C(=O)O. The van der Waals surface area contributed by atoms with E-state index in [1.54, 1.807) is 13.1 Å². The first kappa shape index (κ1) is 43.0. The number of aromatic amines is 1. The Kier molecular flexibility index (Phi) is 19.1. The minimum Gasteiger partial charge on any atom is -0.480 e. The Balaban J connectivity index is 3.10. The molecule has 0 aliphatic heterocycles. The molecule has 49 heavy (non-hydrogen) atoms. The highest BCUT2D eigenvalue weighted by molar-refractivity contribution is 5.96. The molecule has 16 heteroatoms. The van der Waals surface area contributed by atoms with E-state index in [1.807, 2.05) is 34.6 Å². The fraction of sp³-hybridized carbons (Fsp3) is 0.727. The van der Waals surface area contributed by atoms with Crippen LogP contribution in [0.15, 0.2) is 12.5 Å². The van der Waals surface area contributed by atoms with Crippen LogP contribution in [0.4, 0.5) is 0 Å². The van der Waals surface area contributed by atoms with Crippen LogP contribution < -0.4 is 38.1 Å². The zero-order chi connectivity index (χ0) is 37.3. The number of unbranched alkanes of at least 4 members (excludes halogenated alkanes) is 1. The van der Waals surface area contributed by atoms with Crippen LogP contribution >= 0.6 is 0 Å². The molecular weight excluding hydrogens is 634 g/mol. The lowest BCUT2D eigenvalue weighted by molar-refractivity contribution is -0.143. The Labute approximate surface area is 289 Å². The van der Waals surface area contributed by atoms with Gasteiger partial charge in [0.1, 0.15) is 30.2 Å². The average Bonchev–Trinajstić information content (AvgIpc) is 3.54. The largest absolute Gasteiger partial charge is 0.480 e. The number of amides is 5. The van der Waals surface area contributed by atoms with E-state index in [0.29, 0.717) is 31.5 Å². The predicted molar refractivity (Wildman–Crippen MR) is 185 cm³/mol. The number of aliphatic carboxylic acids is 1. The molecule has 1 heterocycles. The number of aromatic nitrogens is 2. The highest BCUT2D eigenvalue weighted by Crippen LogP contribution is 2.13. The molecular formula is C33H59N9O7. The fourth-order valence-corrected chi connectivity index (χ4v) is 5.06. The monoisotopic (exact) mass is 693 g/mol. The lowest BCUT2D eigenvalue weighted by Crippen LogP contribution is -2.60. The number of imidazole rings is 1. The molecule has 0 aliphatic carbocycles. The van der Waals surface area contributed by atoms with Crippen molar-refractivity contribution in [1.82, 2.24) is 36.6 Å². The van der Waals surface area contributed by atoms with E-state index in [4.69, 9.17) is 11.5 Å². The third-order valence-electron chi connectivity index (χ3n) is 8.12. The molecule has 1 rings (SSSR count). The van der Waals surface area contributed by atoms with Crippen molar-refractivity contribution in [2.45, 2.75) is 130 Å². The summed E-state index contributed by atoms with van der Waals surface area (Å²) in [6, 6.07) is -6.27. The molecule has 0 fully saturated rings. The number of carboxylic acid groups (broad SMARTS) is 1. The van der Waals surface area contributed by atoms with Crippen molar-refractivity contribution in [3.05, 3.63) is 18.2 Å². The third-order valence-corrected chi connectivity index (χ3v) is 8.12. The lowest BCUT2D eigenvalue weighted by atomic mass is 9.95. The van der Waals surface area contributed by atoms with Gasteiger partial charge in [-0.25, -0.2) is 9.78 Å². The van der Waals surface area contributed by atoms with Crippen LogP contribution in [0.3, 0.4) is 0 Å². The number of hydrogen-bond acceptors (Lipinski definition) is 9. The predicted octanol–water partition coefficient (Wildman–Crippen LogP) is 0.0753. The molecule has 0 unspecified atom stereocenters. The van der Waals surface area contributed by atoms with Crippen LogP contribution in [-0.4, -0.2) is 93.4 Å². The highest BCUT2D eigenvalue weighted by atomic mass is 16.4. The first-order valence-corrected chi connectivity index (χ1v) is 17.2. The Bertz CT molecular complexity index is 1210. The minimum atomic E-state index is -1.17. The summed E-state index contributed by atoms with van der Waals surface area (Å²) in [7, 11) is 0. The molecule has 278 valence electrons. The van der Waals surface area contributed by atoms with Gasteiger partial charge in [0.05, 0.1) is 12.4 Å². The molecule has 1 aromatic rings. The topological polar surface area (TPSA) is 264 Å². The highest BCUT2D eigenvalue weighted by Gasteiger charge is 2.34. The smallest absolute Gasteiger partial charge is 0.326 e. The van der Waals surface area contributed by atoms with Gasteiger partial charge in [-0.1, -0.05) is 48.0 Å². The molecule has 0 aliphatic rings. The summed E-state index contributed by atoms with van der Waals surface area (Å²) in [5.41, 5.74) is 12.3. The van der Waals surface area contributed by atoms with Gasteiger partial charge < -0.3 is 48.1 Å². The Morgan fingerprint density at radius 3 is 1.88 bits per heavy atom. The zero-order valence-corrected chi connectivity index (χ0v) is 30.0. The van der Waals surface area contributed by atoms with E-state index in [9.17, 15) is 33.9 Å². The number of H-pyrrole nitrogens is 1. The van der Waals surface area contributed by atoms with Crippen molar-refractivity contribution in [3.8, 4) is 0 Å². The number of carbonyl (C=O) groups is 6. The average molecular weight is 694 g/mol. The number of nitrogens with one attached hydrogen (secondary N) is 6. The van der Waals surface area contributed by atoms with Gasteiger partial charge >= 0.3 is 5.97 Å². The summed E-state index contributed by atoms with van der Waals surface area (Å²) in [4.78, 5) is 84.9. The summed E-state index contributed by atoms with van der Waals surface area (Å²) in [6.07, 6.45) is 5.45. The molecule has 0 saturated heterocycles. The van der Waals surface area contributed by atoms with Crippen molar-refractivity contribution >= 4 is 35.5 Å². The number of nitrogens with two attached hydrogens (primary N) is 2. The van der Waals surface area contributed by atoms with Gasteiger partial charge in [-0.15, -0.1) is 0 Å². The summed E-state index contributed by atoms with van der Waals surface area (Å²) in [5, 5.41) is 22.9. The zero-order valence-electron chi connectivity index (χ0n) is 30.0. The van der Waals surface area contributed by atoms with E-state index >= 15 is 0 Å². The number of nitrogens with zero attached hydrogens (tertiary/aromatic N) is 1. The van der Waals surface area contributed by atoms with Crippen LogP contribution in [0.1, 0.15) is 92.7 Å². The molecule has 1 aromatic heterocycles. The van der Waals surface area contributed by atoms with Crippen LogP contribution in [0.25, 0.3) is 0 Å².